The summed E-state index contributed by atoms with van der Waals surface area (Å²) in [7, 11) is 1.09. The molecule has 0 unspecified atom stereocenters. The molecule has 0 aliphatic rings. The lowest BCUT2D eigenvalue weighted by atomic mass is 10.1. The van der Waals surface area contributed by atoms with Crippen molar-refractivity contribution in [2.75, 3.05) is 12.4 Å². The zero-order valence-corrected chi connectivity index (χ0v) is 7.71. The molecule has 0 aliphatic carbocycles. The van der Waals surface area contributed by atoms with E-state index in [1.165, 1.54) is 0 Å². The molecular formula is C9H7F2NO3. The van der Waals surface area contributed by atoms with E-state index in [0.717, 1.165) is 19.2 Å². The minimum Gasteiger partial charge on any atom is -0.465 e. The summed E-state index contributed by atoms with van der Waals surface area (Å²) >= 11 is 0. The van der Waals surface area contributed by atoms with Gasteiger partial charge < -0.3 is 10.1 Å². The molecule has 0 atom stereocenters. The first-order valence-electron chi connectivity index (χ1n) is 3.88. The summed E-state index contributed by atoms with van der Waals surface area (Å²) in [5, 5.41) is 1.90. The van der Waals surface area contributed by atoms with Crippen molar-refractivity contribution < 1.29 is 23.1 Å². The minimum absolute atomic E-state index is 0.143. The quantitative estimate of drug-likeness (QED) is 0.611. The number of hydrogen-bond acceptors (Lipinski definition) is 3. The molecule has 1 amide bonds. The average molecular weight is 215 g/mol. The van der Waals surface area contributed by atoms with Gasteiger partial charge in [0.1, 0.15) is 0 Å². The van der Waals surface area contributed by atoms with Crippen molar-refractivity contribution in [1.29, 1.82) is 0 Å². The number of methoxy groups -OCH3 is 1. The number of rotatable bonds is 3. The lowest BCUT2D eigenvalue weighted by molar-refractivity contribution is -0.105. The molecule has 0 bridgehead atoms. The molecule has 0 aromatic heterocycles. The standard InChI is InChI=1S/C9H7F2NO3/c1-15-9(14)5-2-3-6(10)7(11)8(5)12-4-13/h2-4H,1H3,(H,12,13). The number of carbonyl (C=O) groups excluding carboxylic acids is 2. The van der Waals surface area contributed by atoms with E-state index in [4.69, 9.17) is 0 Å². The van der Waals surface area contributed by atoms with Gasteiger partial charge >= 0.3 is 5.97 Å². The Morgan fingerprint density at radius 3 is 2.67 bits per heavy atom. The molecule has 1 N–H and O–H groups in total. The highest BCUT2D eigenvalue weighted by Gasteiger charge is 2.18. The summed E-state index contributed by atoms with van der Waals surface area (Å²) in [6, 6.07) is 1.80. The number of ether oxygens (including phenoxy) is 1. The zero-order valence-electron chi connectivity index (χ0n) is 7.71. The summed E-state index contributed by atoms with van der Waals surface area (Å²) in [6.07, 6.45) is 0.143. The molecule has 1 rings (SSSR count). The van der Waals surface area contributed by atoms with Crippen molar-refractivity contribution >= 4 is 18.1 Å². The van der Waals surface area contributed by atoms with Crippen LogP contribution in [-0.4, -0.2) is 19.5 Å². The first-order chi connectivity index (χ1) is 7.11. The van der Waals surface area contributed by atoms with Crippen molar-refractivity contribution in [1.82, 2.24) is 0 Å². The summed E-state index contributed by atoms with van der Waals surface area (Å²) < 4.78 is 30.2. The molecule has 0 radical (unpaired) electrons. The maximum Gasteiger partial charge on any atom is 0.340 e. The summed E-state index contributed by atoms with van der Waals surface area (Å²) in [6.45, 7) is 0. The van der Waals surface area contributed by atoms with Gasteiger partial charge in [0.25, 0.3) is 0 Å². The van der Waals surface area contributed by atoms with E-state index in [1.807, 2.05) is 5.32 Å². The lowest BCUT2D eigenvalue weighted by Crippen LogP contribution is -2.10. The van der Waals surface area contributed by atoms with Crippen LogP contribution < -0.4 is 5.32 Å². The van der Waals surface area contributed by atoms with Crippen LogP contribution in [0.25, 0.3) is 0 Å². The van der Waals surface area contributed by atoms with Crippen molar-refractivity contribution in [3.63, 3.8) is 0 Å². The van der Waals surface area contributed by atoms with Gasteiger partial charge in [-0.2, -0.15) is 0 Å². The summed E-state index contributed by atoms with van der Waals surface area (Å²) in [5.41, 5.74) is -0.777. The monoisotopic (exact) mass is 215 g/mol. The van der Waals surface area contributed by atoms with Crippen LogP contribution in [0.2, 0.25) is 0 Å². The van der Waals surface area contributed by atoms with Crippen LogP contribution in [0.4, 0.5) is 14.5 Å². The second kappa shape index (κ2) is 4.50. The Balaban J connectivity index is 3.32. The summed E-state index contributed by atoms with van der Waals surface area (Å²) in [4.78, 5) is 21.3. The fourth-order valence-electron chi connectivity index (χ4n) is 1.03. The van der Waals surface area contributed by atoms with Crippen LogP contribution in [-0.2, 0) is 9.53 Å². The van der Waals surface area contributed by atoms with Crippen molar-refractivity contribution in [3.05, 3.63) is 29.3 Å². The first kappa shape index (κ1) is 11.1. The topological polar surface area (TPSA) is 55.4 Å². The zero-order chi connectivity index (χ0) is 11.4. The Morgan fingerprint density at radius 2 is 2.13 bits per heavy atom. The fraction of sp³-hybridized carbons (Fsp3) is 0.111. The molecule has 15 heavy (non-hydrogen) atoms. The normalized spacial score (nSPS) is 9.53. The predicted molar refractivity (Wildman–Crippen MR) is 47.4 cm³/mol. The van der Waals surface area contributed by atoms with Crippen LogP contribution in [0.1, 0.15) is 10.4 Å². The third-order valence-electron chi connectivity index (χ3n) is 1.70. The number of hydrogen-bond donors (Lipinski definition) is 1. The number of halogens is 2. The molecule has 1 aromatic carbocycles. The van der Waals surface area contributed by atoms with Crippen molar-refractivity contribution in [2.45, 2.75) is 0 Å². The molecule has 6 heteroatoms. The Morgan fingerprint density at radius 1 is 1.47 bits per heavy atom. The van der Waals surface area contributed by atoms with Gasteiger partial charge in [0.05, 0.1) is 18.4 Å². The fourth-order valence-corrected chi connectivity index (χ4v) is 1.03. The predicted octanol–water partition coefficient (Wildman–Crippen LogP) is 1.32. The largest absolute Gasteiger partial charge is 0.465 e. The van der Waals surface area contributed by atoms with Crippen LogP contribution in [0.15, 0.2) is 12.1 Å². The van der Waals surface area contributed by atoms with E-state index in [2.05, 4.69) is 4.74 Å². The second-order valence-corrected chi connectivity index (χ2v) is 2.54. The Kier molecular flexibility index (Phi) is 3.33. The van der Waals surface area contributed by atoms with Crippen LogP contribution in [0.5, 0.6) is 0 Å². The minimum atomic E-state index is -1.30. The third kappa shape index (κ3) is 2.09. The highest BCUT2D eigenvalue weighted by molar-refractivity contribution is 5.97. The van der Waals surface area contributed by atoms with Gasteiger partial charge in [-0.3, -0.25) is 4.79 Å². The van der Waals surface area contributed by atoms with E-state index in [0.29, 0.717) is 0 Å². The van der Waals surface area contributed by atoms with Gasteiger partial charge in [-0.25, -0.2) is 13.6 Å². The maximum atomic E-state index is 13.1. The number of anilines is 1. The van der Waals surface area contributed by atoms with Gasteiger partial charge in [0.15, 0.2) is 11.6 Å². The molecule has 4 nitrogen and oxygen atoms in total. The van der Waals surface area contributed by atoms with E-state index >= 15 is 0 Å². The SMILES string of the molecule is COC(=O)c1ccc(F)c(F)c1NC=O. The lowest BCUT2D eigenvalue weighted by Gasteiger charge is -2.07. The molecule has 80 valence electrons. The highest BCUT2D eigenvalue weighted by Crippen LogP contribution is 2.22. The Hall–Kier alpha value is -1.98. The van der Waals surface area contributed by atoms with E-state index < -0.39 is 23.3 Å². The van der Waals surface area contributed by atoms with E-state index in [-0.39, 0.29) is 12.0 Å². The van der Waals surface area contributed by atoms with Crippen molar-refractivity contribution in [3.8, 4) is 0 Å². The van der Waals surface area contributed by atoms with Gasteiger partial charge in [-0.15, -0.1) is 0 Å². The molecule has 0 spiro atoms. The molecule has 0 heterocycles. The van der Waals surface area contributed by atoms with Gasteiger partial charge in [0.2, 0.25) is 6.41 Å². The van der Waals surface area contributed by atoms with E-state index in [1.54, 1.807) is 0 Å². The van der Waals surface area contributed by atoms with Crippen LogP contribution in [0, 0.1) is 11.6 Å². The van der Waals surface area contributed by atoms with E-state index in [9.17, 15) is 18.4 Å². The smallest absolute Gasteiger partial charge is 0.340 e. The van der Waals surface area contributed by atoms with Crippen LogP contribution in [0.3, 0.4) is 0 Å². The number of carbonyl (C=O) groups is 2. The molecule has 0 saturated carbocycles. The summed E-state index contributed by atoms with van der Waals surface area (Å²) in [5.74, 6) is -3.32. The third-order valence-corrected chi connectivity index (χ3v) is 1.70. The number of nitrogens with one attached hydrogen (secondary N) is 1. The molecular weight excluding hydrogens is 208 g/mol. The Labute approximate surface area is 83.8 Å². The van der Waals surface area contributed by atoms with Gasteiger partial charge in [0, 0.05) is 0 Å². The second-order valence-electron chi connectivity index (χ2n) is 2.54. The average Bonchev–Trinajstić information content (AvgIpc) is 2.24. The van der Waals surface area contributed by atoms with Crippen molar-refractivity contribution in [2.24, 2.45) is 0 Å². The maximum absolute atomic E-state index is 13.1. The number of esters is 1. The van der Waals surface area contributed by atoms with Gasteiger partial charge in [-0.05, 0) is 12.1 Å². The molecule has 0 fully saturated rings. The molecule has 1 aromatic rings. The van der Waals surface area contributed by atoms with Crippen LogP contribution >= 0.6 is 0 Å². The first-order valence-corrected chi connectivity index (χ1v) is 3.88. The highest BCUT2D eigenvalue weighted by atomic mass is 19.2. The molecule has 0 saturated heterocycles. The number of amides is 1. The van der Waals surface area contributed by atoms with Gasteiger partial charge in [-0.1, -0.05) is 0 Å². The Bertz CT molecular complexity index is 407. The number of benzene rings is 1. The molecule has 0 aliphatic heterocycles.